The van der Waals surface area contributed by atoms with E-state index in [1.165, 1.54) is 12.3 Å². The van der Waals surface area contributed by atoms with E-state index in [0.717, 1.165) is 12.6 Å². The van der Waals surface area contributed by atoms with Gasteiger partial charge in [0, 0.05) is 22.2 Å². The van der Waals surface area contributed by atoms with Crippen molar-refractivity contribution in [2.45, 2.75) is 24.3 Å². The molecule has 2 N–H and O–H groups in total. The highest BCUT2D eigenvalue weighted by Crippen LogP contribution is 2.09. The lowest BCUT2D eigenvalue weighted by molar-refractivity contribution is 0.619. The quantitative estimate of drug-likeness (QED) is 0.827. The Balaban J connectivity index is 2.58. The summed E-state index contributed by atoms with van der Waals surface area (Å²) in [5, 5.41) is 0.0401. The van der Waals surface area contributed by atoms with E-state index in [1.54, 1.807) is 0 Å². The van der Waals surface area contributed by atoms with E-state index < -0.39 is 16.6 Å². The fraction of sp³-hybridized carbons (Fsp3) is 0.500. The van der Waals surface area contributed by atoms with Crippen molar-refractivity contribution in [2.24, 2.45) is 5.73 Å². The lowest BCUT2D eigenvalue weighted by Crippen LogP contribution is -2.17. The van der Waals surface area contributed by atoms with E-state index in [1.807, 2.05) is 6.92 Å². The second kappa shape index (κ2) is 5.92. The zero-order valence-electron chi connectivity index (χ0n) is 8.65. The molecule has 1 heterocycles. The summed E-state index contributed by atoms with van der Waals surface area (Å²) in [5.74, 6) is -0.0534. The molecule has 1 aromatic rings. The van der Waals surface area contributed by atoms with E-state index >= 15 is 0 Å². The second-order valence-corrected chi connectivity index (χ2v) is 5.28. The van der Waals surface area contributed by atoms with E-state index in [2.05, 4.69) is 4.98 Å². The summed E-state index contributed by atoms with van der Waals surface area (Å²) >= 11 is 0. The molecular weight excluding hydrogens is 215 g/mol. The molecule has 1 aromatic heterocycles. The standard InChI is InChI=1S/C10H15FN2OS/c1-8(2-3-12)15(14)7-9-4-10(11)6-13-5-9/h4-6,8H,2-3,7,12H2,1H3. The normalized spacial score (nSPS) is 14.9. The molecule has 2 unspecified atom stereocenters. The average Bonchev–Trinajstić information content (AvgIpc) is 2.18. The summed E-state index contributed by atoms with van der Waals surface area (Å²) in [6.45, 7) is 2.41. The largest absolute Gasteiger partial charge is 0.330 e. The predicted molar refractivity (Wildman–Crippen MR) is 59.2 cm³/mol. The van der Waals surface area contributed by atoms with Gasteiger partial charge in [0.05, 0.1) is 11.9 Å². The van der Waals surface area contributed by atoms with E-state index in [9.17, 15) is 8.60 Å². The van der Waals surface area contributed by atoms with Crippen molar-refractivity contribution in [3.05, 3.63) is 29.8 Å². The molecule has 0 fully saturated rings. The Morgan fingerprint density at radius 1 is 1.60 bits per heavy atom. The zero-order valence-corrected chi connectivity index (χ0v) is 9.47. The molecular formula is C10H15FN2OS. The molecule has 0 radical (unpaired) electrons. The van der Waals surface area contributed by atoms with Crippen molar-refractivity contribution >= 4 is 10.8 Å². The number of hydrogen-bond donors (Lipinski definition) is 1. The van der Waals surface area contributed by atoms with Gasteiger partial charge in [-0.25, -0.2) is 4.39 Å². The highest BCUT2D eigenvalue weighted by Gasteiger charge is 2.11. The minimum absolute atomic E-state index is 0.0401. The summed E-state index contributed by atoms with van der Waals surface area (Å²) in [4.78, 5) is 3.71. The molecule has 84 valence electrons. The molecule has 1 rings (SSSR count). The Labute approximate surface area is 91.4 Å². The number of pyridine rings is 1. The van der Waals surface area contributed by atoms with Crippen molar-refractivity contribution in [1.82, 2.24) is 4.98 Å². The molecule has 5 heteroatoms. The molecule has 0 aliphatic rings. The van der Waals surface area contributed by atoms with E-state index in [0.29, 0.717) is 17.9 Å². The molecule has 15 heavy (non-hydrogen) atoms. The van der Waals surface area contributed by atoms with Gasteiger partial charge in [-0.15, -0.1) is 0 Å². The summed E-state index contributed by atoms with van der Waals surface area (Å²) in [5.41, 5.74) is 6.04. The van der Waals surface area contributed by atoms with Gasteiger partial charge in [0.1, 0.15) is 5.82 Å². The molecule has 0 saturated carbocycles. The Bertz CT molecular complexity index is 346. The number of aromatic nitrogens is 1. The van der Waals surface area contributed by atoms with Crippen LogP contribution in [0.2, 0.25) is 0 Å². The second-order valence-electron chi connectivity index (χ2n) is 3.42. The lowest BCUT2D eigenvalue weighted by Gasteiger charge is -2.09. The van der Waals surface area contributed by atoms with E-state index in [-0.39, 0.29) is 5.25 Å². The van der Waals surface area contributed by atoms with Crippen LogP contribution < -0.4 is 5.73 Å². The fourth-order valence-electron chi connectivity index (χ4n) is 1.21. The van der Waals surface area contributed by atoms with Gasteiger partial charge >= 0.3 is 0 Å². The molecule has 2 atom stereocenters. The van der Waals surface area contributed by atoms with Gasteiger partial charge in [-0.2, -0.15) is 0 Å². The van der Waals surface area contributed by atoms with Crippen molar-refractivity contribution in [2.75, 3.05) is 6.54 Å². The van der Waals surface area contributed by atoms with Crippen LogP contribution in [-0.2, 0) is 16.6 Å². The van der Waals surface area contributed by atoms with Gasteiger partial charge in [0.2, 0.25) is 0 Å². The van der Waals surface area contributed by atoms with Crippen molar-refractivity contribution < 1.29 is 8.60 Å². The third kappa shape index (κ3) is 4.05. The van der Waals surface area contributed by atoms with Crippen LogP contribution in [0, 0.1) is 5.82 Å². The van der Waals surface area contributed by atoms with Gasteiger partial charge in [-0.1, -0.05) is 6.92 Å². The number of nitrogens with two attached hydrogens (primary N) is 1. The highest BCUT2D eigenvalue weighted by atomic mass is 32.2. The SMILES string of the molecule is CC(CCN)S(=O)Cc1cncc(F)c1. The van der Waals surface area contributed by atoms with Gasteiger partial charge < -0.3 is 5.73 Å². The Morgan fingerprint density at radius 3 is 2.93 bits per heavy atom. The van der Waals surface area contributed by atoms with Crippen LogP contribution in [0.25, 0.3) is 0 Å². The molecule has 0 aliphatic carbocycles. The first-order valence-corrected chi connectivity index (χ1v) is 6.18. The predicted octanol–water partition coefficient (Wildman–Crippen LogP) is 1.21. The van der Waals surface area contributed by atoms with Crippen LogP contribution in [0.5, 0.6) is 0 Å². The number of hydrogen-bond acceptors (Lipinski definition) is 3. The molecule has 0 saturated heterocycles. The van der Waals surface area contributed by atoms with Gasteiger partial charge in [0.25, 0.3) is 0 Å². The number of nitrogens with zero attached hydrogens (tertiary/aromatic N) is 1. The highest BCUT2D eigenvalue weighted by molar-refractivity contribution is 7.84. The average molecular weight is 230 g/mol. The van der Waals surface area contributed by atoms with Crippen LogP contribution in [0.15, 0.2) is 18.5 Å². The molecule has 0 amide bonds. The molecule has 0 bridgehead atoms. The molecule has 0 aliphatic heterocycles. The molecule has 0 spiro atoms. The third-order valence-corrected chi connectivity index (χ3v) is 3.84. The van der Waals surface area contributed by atoms with Gasteiger partial charge in [0.15, 0.2) is 0 Å². The zero-order chi connectivity index (χ0) is 11.3. The third-order valence-electron chi connectivity index (χ3n) is 2.09. The maximum Gasteiger partial charge on any atom is 0.141 e. The molecule has 3 nitrogen and oxygen atoms in total. The molecule has 0 aromatic carbocycles. The monoisotopic (exact) mass is 230 g/mol. The fourth-order valence-corrected chi connectivity index (χ4v) is 2.38. The number of rotatable bonds is 5. The lowest BCUT2D eigenvalue weighted by atomic mass is 10.3. The van der Waals surface area contributed by atoms with Crippen LogP contribution in [0.3, 0.4) is 0 Å². The minimum Gasteiger partial charge on any atom is -0.330 e. The maximum atomic E-state index is 12.8. The first-order valence-electron chi connectivity index (χ1n) is 4.80. The summed E-state index contributed by atoms with van der Waals surface area (Å²) in [6, 6.07) is 1.36. The summed E-state index contributed by atoms with van der Waals surface area (Å²) in [6.07, 6.45) is 3.39. The first-order chi connectivity index (χ1) is 7.13. The minimum atomic E-state index is -1.01. The van der Waals surface area contributed by atoms with Gasteiger partial charge in [-0.3, -0.25) is 9.19 Å². The van der Waals surface area contributed by atoms with Crippen molar-refractivity contribution in [3.8, 4) is 0 Å². The van der Waals surface area contributed by atoms with Crippen LogP contribution >= 0.6 is 0 Å². The van der Waals surface area contributed by atoms with E-state index in [4.69, 9.17) is 5.73 Å². The Kier molecular flexibility index (Phi) is 4.84. The van der Waals surface area contributed by atoms with Crippen molar-refractivity contribution in [3.63, 3.8) is 0 Å². The van der Waals surface area contributed by atoms with Crippen molar-refractivity contribution in [1.29, 1.82) is 0 Å². The van der Waals surface area contributed by atoms with Gasteiger partial charge in [-0.05, 0) is 24.6 Å². The Morgan fingerprint density at radius 2 is 2.33 bits per heavy atom. The summed E-state index contributed by atoms with van der Waals surface area (Å²) in [7, 11) is -1.01. The van der Waals surface area contributed by atoms with Crippen LogP contribution in [0.1, 0.15) is 18.9 Å². The summed E-state index contributed by atoms with van der Waals surface area (Å²) < 4.78 is 24.5. The maximum absolute atomic E-state index is 12.8. The Hall–Kier alpha value is -0.810. The topological polar surface area (TPSA) is 56.0 Å². The number of halogens is 1. The smallest absolute Gasteiger partial charge is 0.141 e. The first kappa shape index (κ1) is 12.3. The van der Waals surface area contributed by atoms with Crippen LogP contribution in [-0.4, -0.2) is 21.0 Å². The van der Waals surface area contributed by atoms with Crippen LogP contribution in [0.4, 0.5) is 4.39 Å².